The van der Waals surface area contributed by atoms with Gasteiger partial charge in [0.1, 0.15) is 0 Å². The number of anilines is 1. The topological polar surface area (TPSA) is 26.0 Å². The van der Waals surface area contributed by atoms with Gasteiger partial charge in [-0.05, 0) is 0 Å². The van der Waals surface area contributed by atoms with Crippen LogP contribution in [0.2, 0.25) is 0 Å². The van der Waals surface area contributed by atoms with Gasteiger partial charge >= 0.3 is 42.4 Å². The zero-order valence-electron chi connectivity index (χ0n) is 3.96. The minimum atomic E-state index is 0.822. The molecule has 0 bridgehead atoms. The van der Waals surface area contributed by atoms with Crippen molar-refractivity contribution in [2.45, 2.75) is 0 Å². The molecular formula is C5H6BN. The molecule has 0 unspecified atom stereocenters. The van der Waals surface area contributed by atoms with Gasteiger partial charge in [-0.3, -0.25) is 0 Å². The molecule has 2 N–H and O–H groups in total. The monoisotopic (exact) mass is 91.1 g/mol. The van der Waals surface area contributed by atoms with E-state index in [-0.39, 0.29) is 0 Å². The summed E-state index contributed by atoms with van der Waals surface area (Å²) in [4.78, 5) is 0. The molecule has 0 aliphatic rings. The molecule has 0 aromatic carbocycles. The Morgan fingerprint density at radius 2 is 2.43 bits per heavy atom. The Balaban J connectivity index is 3.02. The summed E-state index contributed by atoms with van der Waals surface area (Å²) >= 11 is 0. The molecule has 1 nitrogen and oxygen atoms in total. The standard InChI is InChI=1S/C5H6BN/c7-5-2-1-3-6-4-5/h1-4H,7H2. The predicted octanol–water partition coefficient (Wildman–Crippen LogP) is 0.607. The normalized spacial score (nSPS) is 8.00. The van der Waals surface area contributed by atoms with Gasteiger partial charge in [-0.25, -0.2) is 0 Å². The van der Waals surface area contributed by atoms with Crippen molar-refractivity contribution < 1.29 is 0 Å². The molecule has 1 rings (SSSR count). The SMILES string of the molecule is Nc1cbccc1. The summed E-state index contributed by atoms with van der Waals surface area (Å²) in [6, 6.07) is 3.77. The van der Waals surface area contributed by atoms with Crippen LogP contribution in [0.3, 0.4) is 0 Å². The van der Waals surface area contributed by atoms with Crippen molar-refractivity contribution in [2.75, 3.05) is 5.73 Å². The van der Waals surface area contributed by atoms with Crippen LogP contribution in [-0.4, -0.2) is 6.91 Å². The second-order valence-electron chi connectivity index (χ2n) is 1.41. The molecule has 0 amide bonds. The average Bonchev–Trinajstić information content (AvgIpc) is 1.69. The molecule has 1 aromatic heterocycles. The Morgan fingerprint density at radius 1 is 1.57 bits per heavy atom. The summed E-state index contributed by atoms with van der Waals surface area (Å²) in [6.45, 7) is 1.91. The second-order valence-corrected chi connectivity index (χ2v) is 1.41. The van der Waals surface area contributed by atoms with Gasteiger partial charge in [0.05, 0.1) is 0 Å². The maximum absolute atomic E-state index is 5.36. The van der Waals surface area contributed by atoms with Crippen LogP contribution >= 0.6 is 0 Å². The molecule has 1 heterocycles. The quantitative estimate of drug-likeness (QED) is 0.497. The van der Waals surface area contributed by atoms with Crippen molar-refractivity contribution in [3.05, 3.63) is 24.1 Å². The van der Waals surface area contributed by atoms with Crippen LogP contribution in [0.25, 0.3) is 0 Å². The number of hydrogen-bond acceptors (Lipinski definition) is 1. The van der Waals surface area contributed by atoms with Gasteiger partial charge in [-0.15, -0.1) is 0 Å². The Labute approximate surface area is 43.4 Å². The third-order valence-corrected chi connectivity index (χ3v) is 0.800. The van der Waals surface area contributed by atoms with Gasteiger partial charge in [0.2, 0.25) is 0 Å². The molecular weight excluding hydrogens is 84.9 g/mol. The number of nitrogen functional groups attached to an aromatic ring is 1. The van der Waals surface area contributed by atoms with Crippen LogP contribution in [0.5, 0.6) is 0 Å². The van der Waals surface area contributed by atoms with E-state index in [1.54, 1.807) is 0 Å². The number of nitrogens with two attached hydrogens (primary N) is 1. The average molecular weight is 90.9 g/mol. The van der Waals surface area contributed by atoms with E-state index in [4.69, 9.17) is 5.73 Å². The molecule has 2 heteroatoms. The van der Waals surface area contributed by atoms with Crippen molar-refractivity contribution in [3.63, 3.8) is 0 Å². The van der Waals surface area contributed by atoms with E-state index in [2.05, 4.69) is 0 Å². The summed E-state index contributed by atoms with van der Waals surface area (Å²) in [6.07, 6.45) is 0. The summed E-state index contributed by atoms with van der Waals surface area (Å²) < 4.78 is 0. The first-order valence-electron chi connectivity index (χ1n) is 2.20. The van der Waals surface area contributed by atoms with Gasteiger partial charge < -0.3 is 0 Å². The third-order valence-electron chi connectivity index (χ3n) is 0.800. The van der Waals surface area contributed by atoms with Crippen LogP contribution in [-0.2, 0) is 0 Å². The molecule has 0 atom stereocenters. The Hall–Kier alpha value is -0.785. The molecule has 0 saturated carbocycles. The molecule has 1 aromatic rings. The second kappa shape index (κ2) is 1.78. The van der Waals surface area contributed by atoms with E-state index in [9.17, 15) is 0 Å². The van der Waals surface area contributed by atoms with Crippen LogP contribution in [0, 0.1) is 0 Å². The first-order chi connectivity index (χ1) is 3.39. The van der Waals surface area contributed by atoms with Crippen molar-refractivity contribution >= 4 is 12.6 Å². The molecule has 0 fully saturated rings. The van der Waals surface area contributed by atoms with Gasteiger partial charge in [0.15, 0.2) is 0 Å². The summed E-state index contributed by atoms with van der Waals surface area (Å²) in [7, 11) is 0. The van der Waals surface area contributed by atoms with E-state index < -0.39 is 0 Å². The Kier molecular flexibility index (Phi) is 1.11. The van der Waals surface area contributed by atoms with Gasteiger partial charge in [0, 0.05) is 0 Å². The fourth-order valence-electron chi connectivity index (χ4n) is 0.453. The molecule has 7 heavy (non-hydrogen) atoms. The van der Waals surface area contributed by atoms with E-state index in [0.29, 0.717) is 0 Å². The van der Waals surface area contributed by atoms with Gasteiger partial charge in [0.25, 0.3) is 0 Å². The van der Waals surface area contributed by atoms with E-state index in [1.807, 2.05) is 31.0 Å². The van der Waals surface area contributed by atoms with Crippen molar-refractivity contribution in [1.29, 1.82) is 0 Å². The molecule has 0 aliphatic carbocycles. The maximum atomic E-state index is 5.36. The molecule has 0 radical (unpaired) electrons. The van der Waals surface area contributed by atoms with Gasteiger partial charge in [-0.1, -0.05) is 0 Å². The number of rotatable bonds is 0. The first kappa shape index (κ1) is 4.38. The van der Waals surface area contributed by atoms with E-state index in [1.165, 1.54) is 0 Å². The van der Waals surface area contributed by atoms with Crippen molar-refractivity contribution in [2.24, 2.45) is 0 Å². The molecule has 0 saturated heterocycles. The fourth-order valence-corrected chi connectivity index (χ4v) is 0.453. The first-order valence-corrected chi connectivity index (χ1v) is 2.20. The number of hydrogen-bond donors (Lipinski definition) is 1. The zero-order valence-corrected chi connectivity index (χ0v) is 3.96. The minimum absolute atomic E-state index is 0.822. The zero-order chi connectivity index (χ0) is 5.11. The summed E-state index contributed by atoms with van der Waals surface area (Å²) in [5, 5.41) is 0. The van der Waals surface area contributed by atoms with Crippen LogP contribution < -0.4 is 5.73 Å². The Morgan fingerprint density at radius 3 is 2.71 bits per heavy atom. The van der Waals surface area contributed by atoms with Crippen LogP contribution in [0.15, 0.2) is 24.1 Å². The summed E-state index contributed by atoms with van der Waals surface area (Å²) in [5.74, 6) is 3.80. The van der Waals surface area contributed by atoms with E-state index in [0.717, 1.165) is 5.69 Å². The molecule has 0 aliphatic heterocycles. The van der Waals surface area contributed by atoms with E-state index >= 15 is 0 Å². The molecule has 34 valence electrons. The van der Waals surface area contributed by atoms with Crippen LogP contribution in [0.4, 0.5) is 5.69 Å². The van der Waals surface area contributed by atoms with Crippen LogP contribution in [0.1, 0.15) is 0 Å². The third kappa shape index (κ3) is 1.04. The predicted molar refractivity (Wildman–Crippen MR) is 32.2 cm³/mol. The fraction of sp³-hybridized carbons (Fsp3) is 0. The van der Waals surface area contributed by atoms with Crippen molar-refractivity contribution in [3.8, 4) is 0 Å². The van der Waals surface area contributed by atoms with Crippen molar-refractivity contribution in [1.82, 2.24) is 0 Å². The molecule has 0 spiro atoms. The Bertz CT molecular complexity index is 138. The summed E-state index contributed by atoms with van der Waals surface area (Å²) in [5.41, 5.74) is 6.18. The van der Waals surface area contributed by atoms with Gasteiger partial charge in [-0.2, -0.15) is 0 Å².